The van der Waals surface area contributed by atoms with Crippen LogP contribution in [0, 0.1) is 22.6 Å². The van der Waals surface area contributed by atoms with Crippen molar-refractivity contribution in [2.24, 2.45) is 27.4 Å². The summed E-state index contributed by atoms with van der Waals surface area (Å²) in [5, 5.41) is 16.4. The van der Waals surface area contributed by atoms with E-state index < -0.39 is 12.5 Å². The van der Waals surface area contributed by atoms with Crippen molar-refractivity contribution in [2.45, 2.75) is 51.5 Å². The molecule has 1 aliphatic heterocycles. The number of rotatable bonds is 8. The Morgan fingerprint density at radius 2 is 2.07 bits per heavy atom. The van der Waals surface area contributed by atoms with Crippen LogP contribution < -0.4 is 11.5 Å². The number of alkyl halides is 2. The van der Waals surface area contributed by atoms with E-state index >= 15 is 0 Å². The zero-order chi connectivity index (χ0) is 22.4. The number of nitrogens with one attached hydrogen (secondary N) is 1. The first-order chi connectivity index (χ1) is 13.8. The summed E-state index contributed by atoms with van der Waals surface area (Å²) in [5.41, 5.74) is 10.00. The topological polar surface area (TPSA) is 143 Å². The number of halogens is 2. The summed E-state index contributed by atoms with van der Waals surface area (Å²) in [5.74, 6) is 2.42. The average molecular weight is 410 g/mol. The lowest BCUT2D eigenvalue weighted by Crippen LogP contribution is -2.34. The SMILES string of the molecule is C=N\C(=C/N=C/C(N)=C/C(=N)OC(F)F)OC1CCB(C#N)C(C(C)C)C1.CN. The number of nitriles is 1. The summed E-state index contributed by atoms with van der Waals surface area (Å²) in [7, 11) is 1.50. The minimum absolute atomic E-state index is 0.0303. The fourth-order valence-electron chi connectivity index (χ4n) is 2.95. The van der Waals surface area contributed by atoms with E-state index in [-0.39, 0.29) is 30.2 Å². The van der Waals surface area contributed by atoms with E-state index in [1.807, 2.05) is 0 Å². The second-order valence-corrected chi connectivity index (χ2v) is 6.49. The lowest BCUT2D eigenvalue weighted by molar-refractivity contribution is -0.0599. The molecule has 0 radical (unpaired) electrons. The summed E-state index contributed by atoms with van der Waals surface area (Å²) in [6, 6.07) is 0. The van der Waals surface area contributed by atoms with E-state index in [0.29, 0.717) is 5.92 Å². The van der Waals surface area contributed by atoms with Gasteiger partial charge in [0.05, 0.1) is 24.2 Å². The molecule has 0 aromatic heterocycles. The van der Waals surface area contributed by atoms with Crippen LogP contribution in [0.15, 0.2) is 33.8 Å². The minimum Gasteiger partial charge on any atom is -0.473 e. The van der Waals surface area contributed by atoms with Crippen molar-refractivity contribution in [3.05, 3.63) is 23.9 Å². The van der Waals surface area contributed by atoms with Gasteiger partial charge in [-0.25, -0.2) is 10.3 Å². The maximum Gasteiger partial charge on any atom is 0.388 e. The van der Waals surface area contributed by atoms with E-state index in [0.717, 1.165) is 31.5 Å². The minimum atomic E-state index is -3.09. The second kappa shape index (κ2) is 14.3. The molecule has 0 aliphatic carbocycles. The average Bonchev–Trinajstić information content (AvgIpc) is 2.67. The molecule has 2 atom stereocenters. The van der Waals surface area contributed by atoms with E-state index in [1.54, 1.807) is 0 Å². The van der Waals surface area contributed by atoms with Crippen LogP contribution >= 0.6 is 0 Å². The van der Waals surface area contributed by atoms with Crippen LogP contribution in [-0.2, 0) is 9.47 Å². The molecule has 0 aromatic carbocycles. The van der Waals surface area contributed by atoms with Crippen molar-refractivity contribution in [1.29, 1.82) is 10.7 Å². The monoisotopic (exact) mass is 410 g/mol. The van der Waals surface area contributed by atoms with E-state index in [2.05, 4.69) is 47.0 Å². The molecule has 29 heavy (non-hydrogen) atoms. The molecular weight excluding hydrogens is 381 g/mol. The van der Waals surface area contributed by atoms with Crippen molar-refractivity contribution in [2.75, 3.05) is 7.05 Å². The van der Waals surface area contributed by atoms with Gasteiger partial charge in [-0.2, -0.15) is 8.78 Å². The lowest BCUT2D eigenvalue weighted by atomic mass is 9.34. The number of aliphatic imine (C=N–C) groups is 2. The maximum absolute atomic E-state index is 12.0. The fraction of sp³-hybridized carbons (Fsp3) is 0.556. The molecule has 11 heteroatoms. The van der Waals surface area contributed by atoms with Gasteiger partial charge < -0.3 is 20.9 Å². The van der Waals surface area contributed by atoms with E-state index in [9.17, 15) is 14.0 Å². The van der Waals surface area contributed by atoms with Crippen molar-refractivity contribution in [3.63, 3.8) is 0 Å². The summed E-state index contributed by atoms with van der Waals surface area (Å²) >= 11 is 0. The van der Waals surface area contributed by atoms with Gasteiger partial charge in [-0.1, -0.05) is 20.2 Å². The Balaban J connectivity index is 0.00000379. The summed E-state index contributed by atoms with van der Waals surface area (Å²) in [4.78, 5) is 7.67. The molecule has 0 spiro atoms. The van der Waals surface area contributed by atoms with Crippen molar-refractivity contribution in [3.8, 4) is 5.97 Å². The highest BCUT2D eigenvalue weighted by Crippen LogP contribution is 2.36. The Hall–Kier alpha value is -2.74. The molecular formula is C18H29BF2N6O2. The van der Waals surface area contributed by atoms with Crippen LogP contribution in [0.2, 0.25) is 12.1 Å². The van der Waals surface area contributed by atoms with E-state index in [4.69, 9.17) is 15.9 Å². The highest BCUT2D eigenvalue weighted by Gasteiger charge is 2.36. The molecule has 0 saturated carbocycles. The standard InChI is InChI=1S/C17H24BF2N5O2.CH5N/c1-11(2)14-7-13(4-5-18(14)10-21)26-16(24-3)9-25-8-12(22)6-15(23)27-17(19)20;1-2/h6,8-9,11,13-14,17,23H,3-5,7,22H2,1-2H3;2H2,1H3/b12-6-,16-9+,23-15?,25-8+;. The third-order valence-electron chi connectivity index (χ3n) is 4.24. The van der Waals surface area contributed by atoms with Gasteiger partial charge in [-0.15, -0.1) is 0 Å². The number of hydrogen-bond donors (Lipinski definition) is 3. The molecule has 0 amide bonds. The fourth-order valence-corrected chi connectivity index (χ4v) is 2.95. The number of nitrogens with zero attached hydrogens (tertiary/aromatic N) is 3. The van der Waals surface area contributed by atoms with Crippen LogP contribution in [0.1, 0.15) is 26.7 Å². The normalized spacial score (nSPS) is 20.2. The highest BCUT2D eigenvalue weighted by molar-refractivity contribution is 6.68. The Morgan fingerprint density at radius 1 is 1.41 bits per heavy atom. The van der Waals surface area contributed by atoms with Crippen LogP contribution in [0.4, 0.5) is 8.78 Å². The molecule has 8 nitrogen and oxygen atoms in total. The van der Waals surface area contributed by atoms with Crippen LogP contribution in [0.3, 0.4) is 0 Å². The molecule has 2 unspecified atom stereocenters. The van der Waals surface area contributed by atoms with Gasteiger partial charge in [0.25, 0.3) is 6.71 Å². The van der Waals surface area contributed by atoms with Crippen molar-refractivity contribution in [1.82, 2.24) is 0 Å². The number of allylic oxidation sites excluding steroid dienone is 1. The molecule has 1 fully saturated rings. The maximum atomic E-state index is 12.0. The summed E-state index contributed by atoms with van der Waals surface area (Å²) in [6.45, 7) is 4.56. The molecule has 1 heterocycles. The Morgan fingerprint density at radius 3 is 2.59 bits per heavy atom. The highest BCUT2D eigenvalue weighted by atomic mass is 19.3. The Bertz CT molecular complexity index is 661. The molecule has 160 valence electrons. The third-order valence-corrected chi connectivity index (χ3v) is 4.24. The molecule has 1 rings (SSSR count). The first-order valence-corrected chi connectivity index (χ1v) is 9.11. The van der Waals surface area contributed by atoms with Crippen molar-refractivity contribution >= 4 is 25.5 Å². The van der Waals surface area contributed by atoms with Gasteiger partial charge in [0.15, 0.2) is 0 Å². The van der Waals surface area contributed by atoms with Gasteiger partial charge in [0.1, 0.15) is 0 Å². The molecule has 1 aliphatic rings. The lowest BCUT2D eigenvalue weighted by Gasteiger charge is -2.33. The molecule has 1 saturated heterocycles. The first kappa shape index (κ1) is 26.3. The predicted octanol–water partition coefficient (Wildman–Crippen LogP) is 2.95. The van der Waals surface area contributed by atoms with Crippen LogP contribution in [0.25, 0.3) is 0 Å². The predicted molar refractivity (Wildman–Crippen MR) is 112 cm³/mol. The number of nitrogens with two attached hydrogens (primary N) is 2. The number of ether oxygens (including phenoxy) is 2. The summed E-state index contributed by atoms with van der Waals surface area (Å²) < 4.78 is 33.6. The quantitative estimate of drug-likeness (QED) is 0.244. The van der Waals surface area contributed by atoms with Gasteiger partial charge >= 0.3 is 6.61 Å². The van der Waals surface area contributed by atoms with Gasteiger partial charge in [0.2, 0.25) is 11.8 Å². The third kappa shape index (κ3) is 10.4. The largest absolute Gasteiger partial charge is 0.473 e. The van der Waals surface area contributed by atoms with Gasteiger partial charge in [0, 0.05) is 12.0 Å². The summed E-state index contributed by atoms with van der Waals surface area (Å²) in [6.07, 6.45) is 5.52. The molecule has 5 N–H and O–H groups in total. The van der Waals surface area contributed by atoms with E-state index in [1.165, 1.54) is 13.2 Å². The smallest absolute Gasteiger partial charge is 0.388 e. The number of hydrogen-bond acceptors (Lipinski definition) is 8. The Labute approximate surface area is 170 Å². The second-order valence-electron chi connectivity index (χ2n) is 6.49. The van der Waals surface area contributed by atoms with Crippen LogP contribution in [0.5, 0.6) is 0 Å². The molecule has 0 bridgehead atoms. The van der Waals surface area contributed by atoms with Crippen molar-refractivity contribution < 1.29 is 18.3 Å². The zero-order valence-corrected chi connectivity index (χ0v) is 17.0. The molecule has 0 aromatic rings. The van der Waals surface area contributed by atoms with Gasteiger partial charge in [-0.3, -0.25) is 10.4 Å². The Kier molecular flexibility index (Phi) is 12.9. The zero-order valence-electron chi connectivity index (χ0n) is 17.0. The van der Waals surface area contributed by atoms with Crippen LogP contribution in [-0.4, -0.2) is 45.3 Å². The first-order valence-electron chi connectivity index (χ1n) is 9.11. The van der Waals surface area contributed by atoms with Gasteiger partial charge in [-0.05, 0) is 38.3 Å².